The summed E-state index contributed by atoms with van der Waals surface area (Å²) >= 11 is 0. The summed E-state index contributed by atoms with van der Waals surface area (Å²) in [5.41, 5.74) is 7.22. The van der Waals surface area contributed by atoms with Crippen LogP contribution in [-0.2, 0) is 6.54 Å². The molecule has 2 rings (SSSR count). The molecule has 2 unspecified atom stereocenters. The first-order valence-corrected chi connectivity index (χ1v) is 7.61. The van der Waals surface area contributed by atoms with Crippen LogP contribution >= 0.6 is 0 Å². The minimum atomic E-state index is 0.126. The lowest BCUT2D eigenvalue weighted by atomic mass is 9.96. The van der Waals surface area contributed by atoms with E-state index in [0.29, 0.717) is 18.6 Å². The number of aromatic nitrogens is 2. The van der Waals surface area contributed by atoms with Gasteiger partial charge in [-0.3, -0.25) is 9.48 Å². The van der Waals surface area contributed by atoms with Gasteiger partial charge in [0.25, 0.3) is 5.91 Å². The first-order chi connectivity index (χ1) is 9.56. The van der Waals surface area contributed by atoms with Crippen LogP contribution in [0.3, 0.4) is 0 Å². The summed E-state index contributed by atoms with van der Waals surface area (Å²) in [6.45, 7) is 7.67. The third-order valence-electron chi connectivity index (χ3n) is 4.34. The van der Waals surface area contributed by atoms with Gasteiger partial charge in [-0.15, -0.1) is 0 Å². The summed E-state index contributed by atoms with van der Waals surface area (Å²) in [5.74, 6) is 0.126. The van der Waals surface area contributed by atoms with E-state index in [4.69, 9.17) is 5.73 Å². The smallest absolute Gasteiger partial charge is 0.257 e. The van der Waals surface area contributed by atoms with Gasteiger partial charge in [-0.25, -0.2) is 0 Å². The van der Waals surface area contributed by atoms with E-state index in [0.717, 1.165) is 37.1 Å². The zero-order valence-corrected chi connectivity index (χ0v) is 12.8. The molecule has 0 aliphatic carbocycles. The fourth-order valence-electron chi connectivity index (χ4n) is 3.08. The van der Waals surface area contributed by atoms with Crippen molar-refractivity contribution >= 4 is 5.91 Å². The van der Waals surface area contributed by atoms with Gasteiger partial charge in [0.15, 0.2) is 0 Å². The van der Waals surface area contributed by atoms with Gasteiger partial charge in [0.2, 0.25) is 0 Å². The normalized spacial score (nSPS) is 23.1. The second kappa shape index (κ2) is 6.39. The molecule has 1 fully saturated rings. The number of rotatable bonds is 4. The van der Waals surface area contributed by atoms with Crippen molar-refractivity contribution in [3.05, 3.63) is 17.5 Å². The molecule has 1 aromatic heterocycles. The summed E-state index contributed by atoms with van der Waals surface area (Å²) in [4.78, 5) is 14.8. The van der Waals surface area contributed by atoms with Crippen LogP contribution in [0.5, 0.6) is 0 Å². The summed E-state index contributed by atoms with van der Waals surface area (Å²) in [6.07, 6.45) is 5.99. The molecule has 1 aromatic rings. The Bertz CT molecular complexity index is 458. The van der Waals surface area contributed by atoms with Crippen molar-refractivity contribution in [3.63, 3.8) is 0 Å². The molecule has 0 bridgehead atoms. The number of aryl methyl sites for hydroxylation is 1. The molecule has 0 radical (unpaired) electrons. The van der Waals surface area contributed by atoms with Crippen LogP contribution in [0.15, 0.2) is 6.20 Å². The highest BCUT2D eigenvalue weighted by molar-refractivity contribution is 5.95. The minimum absolute atomic E-state index is 0.126. The maximum Gasteiger partial charge on any atom is 0.257 e. The van der Waals surface area contributed by atoms with Crippen LogP contribution in [0.4, 0.5) is 0 Å². The zero-order chi connectivity index (χ0) is 14.7. The van der Waals surface area contributed by atoms with E-state index >= 15 is 0 Å². The van der Waals surface area contributed by atoms with E-state index in [1.54, 1.807) is 6.20 Å². The Morgan fingerprint density at radius 3 is 2.65 bits per heavy atom. The van der Waals surface area contributed by atoms with Crippen LogP contribution in [0.2, 0.25) is 0 Å². The van der Waals surface area contributed by atoms with E-state index in [-0.39, 0.29) is 5.91 Å². The number of hydrogen-bond acceptors (Lipinski definition) is 3. The molecule has 2 heterocycles. The molecule has 5 heteroatoms. The van der Waals surface area contributed by atoms with Crippen LogP contribution in [0.1, 0.15) is 55.6 Å². The van der Waals surface area contributed by atoms with Gasteiger partial charge in [0, 0.05) is 24.3 Å². The second-order valence-corrected chi connectivity index (χ2v) is 5.85. The molecule has 112 valence electrons. The molecule has 5 nitrogen and oxygen atoms in total. The number of piperidine rings is 1. The Morgan fingerprint density at radius 2 is 2.05 bits per heavy atom. The Hall–Kier alpha value is -1.36. The summed E-state index contributed by atoms with van der Waals surface area (Å²) < 4.78 is 1.89. The van der Waals surface area contributed by atoms with Crippen molar-refractivity contribution in [1.82, 2.24) is 14.7 Å². The number of carbonyl (C=O) groups excluding carboxylic acids is 1. The lowest BCUT2D eigenvalue weighted by Crippen LogP contribution is -2.47. The monoisotopic (exact) mass is 278 g/mol. The van der Waals surface area contributed by atoms with Crippen LogP contribution < -0.4 is 5.73 Å². The van der Waals surface area contributed by atoms with Crippen molar-refractivity contribution in [2.75, 3.05) is 6.54 Å². The lowest BCUT2D eigenvalue weighted by molar-refractivity contribution is 0.0510. The highest BCUT2D eigenvalue weighted by Crippen LogP contribution is 2.25. The molecule has 0 spiro atoms. The second-order valence-electron chi connectivity index (χ2n) is 5.85. The molecular weight excluding hydrogens is 252 g/mol. The summed E-state index contributed by atoms with van der Waals surface area (Å²) in [7, 11) is 0. The van der Waals surface area contributed by atoms with Gasteiger partial charge in [-0.2, -0.15) is 5.10 Å². The van der Waals surface area contributed by atoms with E-state index in [9.17, 15) is 4.79 Å². The van der Waals surface area contributed by atoms with Gasteiger partial charge in [0.05, 0.1) is 11.8 Å². The highest BCUT2D eigenvalue weighted by atomic mass is 16.2. The first kappa shape index (κ1) is 15.0. The zero-order valence-electron chi connectivity index (χ0n) is 12.8. The van der Waals surface area contributed by atoms with Crippen LogP contribution in [0, 0.1) is 6.92 Å². The number of nitrogens with two attached hydrogens (primary N) is 1. The summed E-state index contributed by atoms with van der Waals surface area (Å²) in [5, 5.41) is 4.33. The Kier molecular flexibility index (Phi) is 4.81. The van der Waals surface area contributed by atoms with Crippen molar-refractivity contribution in [1.29, 1.82) is 0 Å². The topological polar surface area (TPSA) is 64.2 Å². The first-order valence-electron chi connectivity index (χ1n) is 7.61. The fourth-order valence-corrected chi connectivity index (χ4v) is 3.08. The SMILES string of the molecule is Cc1c(C(=O)N2C(C)CCCC2C)cnn1CCCN. The molecular formula is C15H26N4O. The highest BCUT2D eigenvalue weighted by Gasteiger charge is 2.31. The summed E-state index contributed by atoms with van der Waals surface area (Å²) in [6, 6.07) is 0.635. The maximum atomic E-state index is 12.8. The van der Waals surface area contributed by atoms with Gasteiger partial charge >= 0.3 is 0 Å². The molecule has 1 aliphatic rings. The quantitative estimate of drug-likeness (QED) is 0.915. The van der Waals surface area contributed by atoms with Crippen molar-refractivity contribution in [3.8, 4) is 0 Å². The van der Waals surface area contributed by atoms with E-state index in [1.807, 2.05) is 16.5 Å². The molecule has 1 saturated heterocycles. The Labute approximate surface area is 121 Å². The van der Waals surface area contributed by atoms with E-state index < -0.39 is 0 Å². The van der Waals surface area contributed by atoms with Crippen molar-refractivity contribution in [2.45, 2.75) is 65.1 Å². The predicted molar refractivity (Wildman–Crippen MR) is 79.6 cm³/mol. The lowest BCUT2D eigenvalue weighted by Gasteiger charge is -2.39. The molecule has 1 aliphatic heterocycles. The largest absolute Gasteiger partial charge is 0.333 e. The fraction of sp³-hybridized carbons (Fsp3) is 0.733. The molecule has 0 aromatic carbocycles. The Morgan fingerprint density at radius 1 is 1.40 bits per heavy atom. The molecule has 1 amide bonds. The van der Waals surface area contributed by atoms with Crippen LogP contribution in [-0.4, -0.2) is 39.2 Å². The van der Waals surface area contributed by atoms with Crippen LogP contribution in [0.25, 0.3) is 0 Å². The minimum Gasteiger partial charge on any atom is -0.333 e. The molecule has 2 atom stereocenters. The Balaban J connectivity index is 2.18. The van der Waals surface area contributed by atoms with Gasteiger partial charge in [0.1, 0.15) is 0 Å². The third-order valence-corrected chi connectivity index (χ3v) is 4.34. The van der Waals surface area contributed by atoms with E-state index in [2.05, 4.69) is 18.9 Å². The van der Waals surface area contributed by atoms with Crippen molar-refractivity contribution in [2.24, 2.45) is 5.73 Å². The maximum absolute atomic E-state index is 12.8. The number of hydrogen-bond donors (Lipinski definition) is 1. The molecule has 20 heavy (non-hydrogen) atoms. The number of likely N-dealkylation sites (tertiary alicyclic amines) is 1. The van der Waals surface area contributed by atoms with Gasteiger partial charge in [-0.1, -0.05) is 0 Å². The number of nitrogens with zero attached hydrogens (tertiary/aromatic N) is 3. The number of carbonyl (C=O) groups is 1. The third kappa shape index (κ3) is 2.87. The average molecular weight is 278 g/mol. The average Bonchev–Trinajstić information content (AvgIpc) is 2.77. The van der Waals surface area contributed by atoms with Gasteiger partial charge < -0.3 is 10.6 Å². The van der Waals surface area contributed by atoms with Gasteiger partial charge in [-0.05, 0) is 53.0 Å². The van der Waals surface area contributed by atoms with Crippen molar-refractivity contribution < 1.29 is 4.79 Å². The van der Waals surface area contributed by atoms with E-state index in [1.165, 1.54) is 6.42 Å². The molecule has 0 saturated carbocycles. The molecule has 2 N–H and O–H groups in total. The predicted octanol–water partition coefficient (Wildman–Crippen LogP) is 1.94. The standard InChI is InChI=1S/C15H26N4O/c1-11-6-4-7-12(2)19(11)15(20)14-10-17-18(13(14)3)9-5-8-16/h10-12H,4-9,16H2,1-3H3. The number of amides is 1.